The van der Waals surface area contributed by atoms with Gasteiger partial charge in [0.05, 0.1) is 10.7 Å². The number of anilines is 1. The maximum absolute atomic E-state index is 2.39. The summed E-state index contributed by atoms with van der Waals surface area (Å²) in [5.41, 5.74) is 8.08. The Morgan fingerprint density at radius 1 is 0.780 bits per heavy atom. The lowest BCUT2D eigenvalue weighted by Crippen LogP contribution is -2.33. The first-order valence-corrected chi connectivity index (χ1v) is 16.1. The summed E-state index contributed by atoms with van der Waals surface area (Å²) in [6.45, 7) is 6.37. The predicted octanol–water partition coefficient (Wildman–Crippen LogP) is 9.98. The molecule has 0 N–H and O–H groups in total. The van der Waals surface area contributed by atoms with Crippen molar-refractivity contribution in [2.75, 3.05) is 11.4 Å². The van der Waals surface area contributed by atoms with Crippen LogP contribution in [0.1, 0.15) is 37.3 Å². The molecule has 1 aliphatic carbocycles. The molecule has 0 bridgehead atoms. The third-order valence-corrected chi connectivity index (χ3v) is 9.83. The van der Waals surface area contributed by atoms with Gasteiger partial charge in [-0.1, -0.05) is 114 Å². The van der Waals surface area contributed by atoms with Gasteiger partial charge in [0.1, 0.15) is 11.2 Å². The summed E-state index contributed by atoms with van der Waals surface area (Å²) < 4.78 is 3.72. The van der Waals surface area contributed by atoms with Crippen molar-refractivity contribution < 1.29 is 4.57 Å². The van der Waals surface area contributed by atoms with Crippen LogP contribution in [0.4, 0.5) is 5.69 Å². The van der Waals surface area contributed by atoms with Crippen molar-refractivity contribution in [1.82, 2.24) is 0 Å². The fourth-order valence-corrected chi connectivity index (χ4v) is 7.94. The van der Waals surface area contributed by atoms with E-state index in [-0.39, 0.29) is 0 Å². The highest BCUT2D eigenvalue weighted by molar-refractivity contribution is 8.03. The molecule has 0 saturated heterocycles. The van der Waals surface area contributed by atoms with Crippen LogP contribution in [0.25, 0.3) is 21.9 Å². The minimum Gasteiger partial charge on any atom is -0.335 e. The Labute approximate surface area is 252 Å². The normalized spacial score (nSPS) is 17.6. The van der Waals surface area contributed by atoms with Gasteiger partial charge in [-0.05, 0) is 73.2 Å². The Kier molecular flexibility index (Phi) is 8.50. The van der Waals surface area contributed by atoms with E-state index in [0.29, 0.717) is 0 Å². The van der Waals surface area contributed by atoms with E-state index in [9.17, 15) is 0 Å². The Bertz CT molecular complexity index is 1730. The molecule has 0 saturated carbocycles. The highest BCUT2D eigenvalue weighted by atomic mass is 32.2. The van der Waals surface area contributed by atoms with Gasteiger partial charge >= 0.3 is 0 Å². The van der Waals surface area contributed by atoms with E-state index in [0.717, 1.165) is 25.9 Å². The van der Waals surface area contributed by atoms with Gasteiger partial charge in [0.15, 0.2) is 0 Å². The van der Waals surface area contributed by atoms with Crippen molar-refractivity contribution in [3.8, 4) is 0 Å². The number of allylic oxidation sites excluding steroid dienone is 10. The average molecular weight is 572 g/mol. The van der Waals surface area contributed by atoms with Crippen LogP contribution in [0.3, 0.4) is 0 Å². The zero-order chi connectivity index (χ0) is 28.0. The first-order chi connectivity index (χ1) is 20.3. The van der Waals surface area contributed by atoms with Gasteiger partial charge in [-0.25, -0.2) is 0 Å². The van der Waals surface area contributed by atoms with Crippen LogP contribution < -0.4 is 9.47 Å². The quantitative estimate of drug-likeness (QED) is 0.153. The molecule has 0 radical (unpaired) electrons. The molecule has 0 atom stereocenters. The van der Waals surface area contributed by atoms with Crippen LogP contribution in [-0.2, 0) is 6.54 Å². The molecule has 2 nitrogen and oxygen atoms in total. The van der Waals surface area contributed by atoms with Gasteiger partial charge in [0.2, 0.25) is 5.52 Å². The minimum atomic E-state index is 0.969. The summed E-state index contributed by atoms with van der Waals surface area (Å²) in [4.78, 5) is 3.72. The summed E-state index contributed by atoms with van der Waals surface area (Å²) in [7, 11) is 0. The van der Waals surface area contributed by atoms with Gasteiger partial charge < -0.3 is 4.90 Å². The highest BCUT2D eigenvalue weighted by Crippen LogP contribution is 2.45. The number of nitrogens with zero attached hydrogens (tertiary/aromatic N) is 2. The number of hydrogen-bond donors (Lipinski definition) is 0. The number of aromatic nitrogens is 1. The molecule has 4 aromatic rings. The van der Waals surface area contributed by atoms with E-state index < -0.39 is 0 Å². The van der Waals surface area contributed by atoms with Gasteiger partial charge in [0.25, 0.3) is 5.01 Å². The molecule has 2 heterocycles. The number of benzene rings is 3. The maximum atomic E-state index is 2.39. The summed E-state index contributed by atoms with van der Waals surface area (Å²) in [5, 5.41) is 2.57. The lowest BCUT2D eigenvalue weighted by atomic mass is 9.98. The van der Waals surface area contributed by atoms with E-state index in [1.54, 1.807) is 0 Å². The van der Waals surface area contributed by atoms with Crippen molar-refractivity contribution >= 4 is 50.7 Å². The molecule has 0 unspecified atom stereocenters. The van der Waals surface area contributed by atoms with E-state index in [2.05, 4.69) is 151 Å². The summed E-state index contributed by atoms with van der Waals surface area (Å²) in [6, 6.07) is 28.2. The number of aryl methyl sites for hydroxylation is 1. The third-order valence-electron chi connectivity index (χ3n) is 7.57. The van der Waals surface area contributed by atoms with E-state index in [4.69, 9.17) is 0 Å². The smallest absolute Gasteiger partial charge is 0.262 e. The molecule has 204 valence electrons. The molecule has 6 rings (SSSR count). The summed E-state index contributed by atoms with van der Waals surface area (Å²) in [6.07, 6.45) is 20.0. The van der Waals surface area contributed by atoms with Gasteiger partial charge in [0, 0.05) is 23.6 Å². The number of para-hydroxylation sites is 2. The fourth-order valence-electron chi connectivity index (χ4n) is 5.66. The molecule has 1 aliphatic heterocycles. The second-order valence-electron chi connectivity index (χ2n) is 10.0. The zero-order valence-corrected chi connectivity index (χ0v) is 25.3. The Morgan fingerprint density at radius 2 is 1.54 bits per heavy atom. The number of thioether (sulfide) groups is 1. The fraction of sp³-hybridized carbons (Fsp3) is 0.162. The Morgan fingerprint density at radius 3 is 2.39 bits per heavy atom. The zero-order valence-electron chi connectivity index (χ0n) is 23.7. The van der Waals surface area contributed by atoms with Crippen molar-refractivity contribution in [3.63, 3.8) is 0 Å². The lowest BCUT2D eigenvalue weighted by Gasteiger charge is -2.17. The standard InChI is InChI=1S/C37H35N2S2/c1-3-38-31-20-10-12-22-33(31)40-35(38)24-14-8-18-29-26-27-30(37(29)28-16-6-5-7-17-28)19-9-15-25-36-39(4-2)32-21-11-13-23-34(32)41-36/h5-25H,3-4,26-27H2,1-2H3/q+1. The van der Waals surface area contributed by atoms with Crippen LogP contribution in [0.5, 0.6) is 0 Å². The van der Waals surface area contributed by atoms with Crippen molar-refractivity contribution in [2.24, 2.45) is 0 Å². The number of hydrogen-bond acceptors (Lipinski definition) is 3. The molecule has 1 aromatic heterocycles. The predicted molar refractivity (Wildman–Crippen MR) is 179 cm³/mol. The monoisotopic (exact) mass is 571 g/mol. The third kappa shape index (κ3) is 5.81. The summed E-state index contributed by atoms with van der Waals surface area (Å²) in [5.74, 6) is 0. The van der Waals surface area contributed by atoms with Crippen LogP contribution in [0.15, 0.2) is 142 Å². The number of thiazole rings is 1. The van der Waals surface area contributed by atoms with Crippen LogP contribution in [-0.4, -0.2) is 6.54 Å². The number of rotatable bonds is 8. The molecule has 0 spiro atoms. The van der Waals surface area contributed by atoms with Crippen LogP contribution in [0.2, 0.25) is 0 Å². The van der Waals surface area contributed by atoms with Crippen molar-refractivity contribution in [2.45, 2.75) is 38.1 Å². The lowest BCUT2D eigenvalue weighted by molar-refractivity contribution is -0.665. The first-order valence-electron chi connectivity index (χ1n) is 14.4. The van der Waals surface area contributed by atoms with E-state index in [1.165, 1.54) is 53.1 Å². The molecule has 0 amide bonds. The first kappa shape index (κ1) is 27.3. The van der Waals surface area contributed by atoms with Crippen molar-refractivity contribution in [3.05, 3.63) is 148 Å². The van der Waals surface area contributed by atoms with E-state index in [1.807, 2.05) is 23.1 Å². The Balaban J connectivity index is 1.24. The number of fused-ring (bicyclic) bond motifs is 2. The van der Waals surface area contributed by atoms with Crippen LogP contribution in [0, 0.1) is 0 Å². The van der Waals surface area contributed by atoms with Gasteiger partial charge in [-0.3, -0.25) is 0 Å². The van der Waals surface area contributed by atoms with E-state index >= 15 is 0 Å². The second-order valence-corrected chi connectivity index (χ2v) is 12.2. The Hall–Kier alpha value is -3.86. The minimum absolute atomic E-state index is 0.969. The summed E-state index contributed by atoms with van der Waals surface area (Å²) >= 11 is 3.70. The molecule has 0 fully saturated rings. The van der Waals surface area contributed by atoms with Crippen LogP contribution >= 0.6 is 23.1 Å². The SMILES string of the molecule is CCN1C(=CC=CC=C2CCC(C=CC=Cc3sc4ccccc4[n+]3CC)=C2c2ccccc2)Sc2ccccc21. The molecule has 4 heteroatoms. The highest BCUT2D eigenvalue weighted by Gasteiger charge is 2.23. The molecular formula is C37H35N2S2+. The average Bonchev–Trinajstić information content (AvgIpc) is 3.70. The van der Waals surface area contributed by atoms with Gasteiger partial charge in [-0.15, -0.1) is 0 Å². The topological polar surface area (TPSA) is 7.12 Å². The second kappa shape index (κ2) is 12.8. The molecule has 3 aromatic carbocycles. The molecule has 41 heavy (non-hydrogen) atoms. The molecule has 2 aliphatic rings. The largest absolute Gasteiger partial charge is 0.335 e. The van der Waals surface area contributed by atoms with Gasteiger partial charge in [-0.2, -0.15) is 4.57 Å². The van der Waals surface area contributed by atoms with Crippen molar-refractivity contribution in [1.29, 1.82) is 0 Å². The molecular weight excluding hydrogens is 537 g/mol. The maximum Gasteiger partial charge on any atom is 0.262 e.